The Labute approximate surface area is 105 Å². The van der Waals surface area contributed by atoms with Crippen LogP contribution >= 0.6 is 0 Å². The van der Waals surface area contributed by atoms with Gasteiger partial charge in [0.15, 0.2) is 5.94 Å². The van der Waals surface area contributed by atoms with Crippen molar-refractivity contribution in [2.24, 2.45) is 5.18 Å². The minimum absolute atomic E-state index is 0.255. The van der Waals surface area contributed by atoms with Crippen LogP contribution in [0.15, 0.2) is 34.3 Å². The molecule has 6 nitrogen and oxygen atoms in total. The van der Waals surface area contributed by atoms with Crippen LogP contribution in [0.2, 0.25) is 0 Å². The molecule has 3 rings (SSSR count). The molecule has 7 heteroatoms. The maximum absolute atomic E-state index is 13.2. The first-order valence-corrected chi connectivity index (χ1v) is 7.88. The Balaban J connectivity index is 1.97. The molecule has 1 aromatic carbocycles. The number of nitrogens with zero attached hydrogens (tertiary/aromatic N) is 2. The third kappa shape index (κ3) is 1.63. The van der Waals surface area contributed by atoms with E-state index in [9.17, 15) is 9.12 Å². The SMILES string of the molecule is O=Nc1ccc(S2(=O)(N3CCNCC3)CO2)cc1. The summed E-state index contributed by atoms with van der Waals surface area (Å²) in [6, 6.07) is 6.51. The van der Waals surface area contributed by atoms with Gasteiger partial charge in [0.05, 0.1) is 4.90 Å². The second kappa shape index (κ2) is 3.92. The van der Waals surface area contributed by atoms with Gasteiger partial charge in [-0.1, -0.05) is 9.53 Å². The van der Waals surface area contributed by atoms with Crippen LogP contribution in [0.5, 0.6) is 0 Å². The number of nitroso groups, excluding NO2 is 1. The van der Waals surface area contributed by atoms with Crippen molar-refractivity contribution in [3.05, 3.63) is 29.2 Å². The van der Waals surface area contributed by atoms with E-state index in [0.29, 0.717) is 23.7 Å². The van der Waals surface area contributed by atoms with E-state index in [1.807, 2.05) is 4.31 Å². The maximum atomic E-state index is 13.2. The lowest BCUT2D eigenvalue weighted by Gasteiger charge is -2.40. The monoisotopic (exact) mass is 269 g/mol. The van der Waals surface area contributed by atoms with Gasteiger partial charge < -0.3 is 5.32 Å². The highest BCUT2D eigenvalue weighted by atomic mass is 32.3. The van der Waals surface area contributed by atoms with E-state index in [2.05, 4.69) is 10.5 Å². The van der Waals surface area contributed by atoms with Crippen LogP contribution < -0.4 is 5.32 Å². The molecule has 2 saturated heterocycles. The van der Waals surface area contributed by atoms with Crippen molar-refractivity contribution in [2.75, 3.05) is 32.1 Å². The highest BCUT2D eigenvalue weighted by Crippen LogP contribution is 2.52. The minimum atomic E-state index is -3.27. The summed E-state index contributed by atoms with van der Waals surface area (Å²) in [5.41, 5.74) is 0.335. The van der Waals surface area contributed by atoms with E-state index in [0.717, 1.165) is 13.1 Å². The first-order chi connectivity index (χ1) is 8.66. The topological polar surface area (TPSA) is 74.3 Å². The zero-order valence-electron chi connectivity index (χ0n) is 9.87. The fraction of sp³-hybridized carbons (Fsp3) is 0.455. The highest BCUT2D eigenvalue weighted by Gasteiger charge is 2.53. The van der Waals surface area contributed by atoms with Crippen molar-refractivity contribution < 1.29 is 8.39 Å². The van der Waals surface area contributed by atoms with E-state index in [4.69, 9.17) is 4.18 Å². The van der Waals surface area contributed by atoms with Crippen LogP contribution in [0.1, 0.15) is 0 Å². The molecule has 1 N–H and O–H groups in total. The van der Waals surface area contributed by atoms with E-state index >= 15 is 0 Å². The fourth-order valence-corrected chi connectivity index (χ4v) is 5.27. The Morgan fingerprint density at radius 2 is 1.83 bits per heavy atom. The molecule has 0 atom stereocenters. The predicted octanol–water partition coefficient (Wildman–Crippen LogP) is 0.986. The maximum Gasteiger partial charge on any atom is 0.176 e. The zero-order valence-corrected chi connectivity index (χ0v) is 10.7. The number of hydrogen-bond acceptors (Lipinski definition) is 5. The second-order valence-electron chi connectivity index (χ2n) is 4.48. The molecule has 0 radical (unpaired) electrons. The minimum Gasteiger partial charge on any atom is -0.314 e. The van der Waals surface area contributed by atoms with Crippen LogP contribution in [-0.2, 0) is 13.7 Å². The van der Waals surface area contributed by atoms with Gasteiger partial charge in [-0.3, -0.25) is 0 Å². The first kappa shape index (κ1) is 11.9. The van der Waals surface area contributed by atoms with Crippen LogP contribution in [0, 0.1) is 4.91 Å². The third-order valence-electron chi connectivity index (χ3n) is 3.44. The van der Waals surface area contributed by atoms with Crippen molar-refractivity contribution in [2.45, 2.75) is 4.90 Å². The van der Waals surface area contributed by atoms with Crippen molar-refractivity contribution in [3.8, 4) is 0 Å². The molecule has 18 heavy (non-hydrogen) atoms. The van der Waals surface area contributed by atoms with Gasteiger partial charge in [-0.2, -0.15) is 4.21 Å². The molecule has 0 bridgehead atoms. The molecule has 2 heterocycles. The summed E-state index contributed by atoms with van der Waals surface area (Å²) in [5, 5.41) is 6.07. The van der Waals surface area contributed by atoms with Gasteiger partial charge >= 0.3 is 0 Å². The van der Waals surface area contributed by atoms with E-state index in [1.54, 1.807) is 24.3 Å². The van der Waals surface area contributed by atoms with Gasteiger partial charge in [-0.05, 0) is 29.4 Å². The number of piperazine rings is 1. The number of benzene rings is 1. The number of hydrogen-bond donors (Lipinski definition) is 1. The Bertz CT molecular complexity index is 529. The Morgan fingerprint density at radius 3 is 2.33 bits per heavy atom. The lowest BCUT2D eigenvalue weighted by Crippen LogP contribution is -2.51. The summed E-state index contributed by atoms with van der Waals surface area (Å²) in [7, 11) is -3.27. The molecule has 2 aliphatic rings. The Kier molecular flexibility index (Phi) is 2.60. The Morgan fingerprint density at radius 1 is 1.22 bits per heavy atom. The largest absolute Gasteiger partial charge is 0.314 e. The zero-order chi connectivity index (χ0) is 12.7. The van der Waals surface area contributed by atoms with Gasteiger partial charge in [0.25, 0.3) is 0 Å². The Hall–Kier alpha value is -1.15. The number of rotatable bonds is 3. The van der Waals surface area contributed by atoms with Gasteiger partial charge in [0, 0.05) is 26.2 Å². The molecule has 2 fully saturated rings. The van der Waals surface area contributed by atoms with Crippen LogP contribution in [0.4, 0.5) is 5.69 Å². The smallest absolute Gasteiger partial charge is 0.176 e. The lowest BCUT2D eigenvalue weighted by atomic mass is 10.3. The molecule has 2 aliphatic heterocycles. The fourth-order valence-electron chi connectivity index (χ4n) is 2.29. The second-order valence-corrected chi connectivity index (χ2v) is 7.91. The normalized spacial score (nSPS) is 27.9. The van der Waals surface area contributed by atoms with Crippen molar-refractivity contribution in [1.82, 2.24) is 9.62 Å². The van der Waals surface area contributed by atoms with Crippen LogP contribution in [-0.4, -0.2) is 40.6 Å². The van der Waals surface area contributed by atoms with E-state index in [1.165, 1.54) is 0 Å². The molecule has 1 aromatic rings. The van der Waals surface area contributed by atoms with Crippen LogP contribution in [0.3, 0.4) is 0 Å². The molecule has 0 aromatic heterocycles. The van der Waals surface area contributed by atoms with E-state index in [-0.39, 0.29) is 5.94 Å². The lowest BCUT2D eigenvalue weighted by molar-refractivity contribution is 0.353. The first-order valence-electron chi connectivity index (χ1n) is 5.86. The van der Waals surface area contributed by atoms with Gasteiger partial charge in [0.1, 0.15) is 5.69 Å². The van der Waals surface area contributed by atoms with Crippen LogP contribution in [0.25, 0.3) is 0 Å². The third-order valence-corrected chi connectivity index (χ3v) is 6.93. The molecule has 0 unspecified atom stereocenters. The average molecular weight is 269 g/mol. The molecular weight excluding hydrogens is 254 g/mol. The van der Waals surface area contributed by atoms with Gasteiger partial charge in [-0.15, -0.1) is 4.91 Å². The summed E-state index contributed by atoms with van der Waals surface area (Å²) in [5.74, 6) is 0.255. The standard InChI is InChI=1S/C11H15N3O3S/c15-13-10-1-3-11(4-2-10)18(16,9-17-18)14-7-5-12-6-8-14/h1-4,12H,5-9H2. The average Bonchev–Trinajstić information content (AvgIpc) is 3.17. The molecule has 98 valence electrons. The molecule has 0 saturated carbocycles. The van der Waals surface area contributed by atoms with Crippen molar-refractivity contribution in [3.63, 3.8) is 0 Å². The molecule has 0 amide bonds. The summed E-state index contributed by atoms with van der Waals surface area (Å²) in [6.45, 7) is 3.04. The quantitative estimate of drug-likeness (QED) is 0.656. The van der Waals surface area contributed by atoms with Crippen molar-refractivity contribution >= 4 is 15.2 Å². The van der Waals surface area contributed by atoms with Gasteiger partial charge in [0.2, 0.25) is 0 Å². The summed E-state index contributed by atoms with van der Waals surface area (Å²) in [4.78, 5) is 11.0. The molecule has 0 aliphatic carbocycles. The summed E-state index contributed by atoms with van der Waals surface area (Å²) < 4.78 is 20.6. The number of nitrogens with one attached hydrogen (secondary N) is 1. The predicted molar refractivity (Wildman–Crippen MR) is 68.7 cm³/mol. The van der Waals surface area contributed by atoms with Crippen molar-refractivity contribution in [1.29, 1.82) is 0 Å². The summed E-state index contributed by atoms with van der Waals surface area (Å²) in [6.07, 6.45) is 0. The van der Waals surface area contributed by atoms with E-state index < -0.39 is 9.53 Å². The summed E-state index contributed by atoms with van der Waals surface area (Å²) >= 11 is 0. The highest BCUT2D eigenvalue weighted by molar-refractivity contribution is 8.18. The molecule has 0 spiro atoms. The van der Waals surface area contributed by atoms with Gasteiger partial charge in [-0.25, -0.2) is 8.49 Å². The molecular formula is C11H15N3O3S.